The molecule has 98 valence electrons. The van der Waals surface area contributed by atoms with Gasteiger partial charge in [0.15, 0.2) is 0 Å². The van der Waals surface area contributed by atoms with Gasteiger partial charge in [-0.2, -0.15) is 0 Å². The molecule has 0 spiro atoms. The number of nitrogens with zero attached hydrogens (tertiary/aromatic N) is 2. The van der Waals surface area contributed by atoms with Crippen molar-refractivity contribution in [1.29, 1.82) is 0 Å². The Kier molecular flexibility index (Phi) is 2.36. The molecule has 0 aliphatic rings. The number of imidazole rings is 2. The Labute approximate surface area is 115 Å². The molecule has 0 saturated heterocycles. The first-order valence-corrected chi connectivity index (χ1v) is 6.67. The van der Waals surface area contributed by atoms with Gasteiger partial charge in [-0.25, -0.2) is 9.97 Å². The summed E-state index contributed by atoms with van der Waals surface area (Å²) in [5, 5.41) is 0. The maximum absolute atomic E-state index is 4.66. The van der Waals surface area contributed by atoms with Crippen molar-refractivity contribution in [2.75, 3.05) is 0 Å². The van der Waals surface area contributed by atoms with Crippen molar-refractivity contribution in [3.05, 3.63) is 59.7 Å². The summed E-state index contributed by atoms with van der Waals surface area (Å²) in [7, 11) is 0. The summed E-state index contributed by atoms with van der Waals surface area (Å²) >= 11 is 0. The van der Waals surface area contributed by atoms with Crippen LogP contribution in [0.3, 0.4) is 0 Å². The van der Waals surface area contributed by atoms with E-state index in [1.807, 2.05) is 30.3 Å². The SMILES string of the molecule is Cc1cccc2[nH]c(Cc3nc4ccccc4[nH]3)nc12. The Balaban J connectivity index is 1.74. The van der Waals surface area contributed by atoms with Gasteiger partial charge in [0.1, 0.15) is 11.6 Å². The Morgan fingerprint density at radius 2 is 1.60 bits per heavy atom. The van der Waals surface area contributed by atoms with E-state index in [0.29, 0.717) is 6.42 Å². The molecule has 0 bridgehead atoms. The highest BCUT2D eigenvalue weighted by Gasteiger charge is 2.08. The van der Waals surface area contributed by atoms with Crippen molar-refractivity contribution >= 4 is 22.1 Å². The van der Waals surface area contributed by atoms with Crippen LogP contribution in [0, 0.1) is 6.92 Å². The van der Waals surface area contributed by atoms with Gasteiger partial charge >= 0.3 is 0 Å². The Morgan fingerprint density at radius 3 is 2.45 bits per heavy atom. The number of rotatable bonds is 2. The van der Waals surface area contributed by atoms with Crippen LogP contribution in [0.1, 0.15) is 17.2 Å². The summed E-state index contributed by atoms with van der Waals surface area (Å²) in [5.41, 5.74) is 5.37. The third-order valence-electron chi connectivity index (χ3n) is 3.54. The Bertz CT molecular complexity index is 868. The van der Waals surface area contributed by atoms with Crippen molar-refractivity contribution < 1.29 is 0 Å². The molecule has 2 N–H and O–H groups in total. The molecule has 0 aliphatic heterocycles. The van der Waals surface area contributed by atoms with Crippen LogP contribution in [-0.2, 0) is 6.42 Å². The number of para-hydroxylation sites is 3. The van der Waals surface area contributed by atoms with Crippen LogP contribution in [0.5, 0.6) is 0 Å². The lowest BCUT2D eigenvalue weighted by Crippen LogP contribution is -1.92. The van der Waals surface area contributed by atoms with Crippen molar-refractivity contribution in [1.82, 2.24) is 19.9 Å². The normalized spacial score (nSPS) is 11.4. The molecule has 2 heterocycles. The van der Waals surface area contributed by atoms with E-state index in [0.717, 1.165) is 33.7 Å². The lowest BCUT2D eigenvalue weighted by atomic mass is 10.2. The van der Waals surface area contributed by atoms with Crippen LogP contribution in [0.15, 0.2) is 42.5 Å². The fourth-order valence-electron chi connectivity index (χ4n) is 2.56. The number of fused-ring (bicyclic) bond motifs is 2. The third kappa shape index (κ3) is 1.77. The van der Waals surface area contributed by atoms with Gasteiger partial charge in [0.05, 0.1) is 28.5 Å². The lowest BCUT2D eigenvalue weighted by Gasteiger charge is -1.91. The van der Waals surface area contributed by atoms with Crippen LogP contribution < -0.4 is 0 Å². The molecular formula is C16H14N4. The first-order chi connectivity index (χ1) is 9.79. The van der Waals surface area contributed by atoms with Crippen LogP contribution in [-0.4, -0.2) is 19.9 Å². The number of hydrogen-bond acceptors (Lipinski definition) is 2. The minimum Gasteiger partial charge on any atom is -0.342 e. The van der Waals surface area contributed by atoms with E-state index in [2.05, 4.69) is 39.0 Å². The summed E-state index contributed by atoms with van der Waals surface area (Å²) in [5.74, 6) is 1.87. The molecular weight excluding hydrogens is 248 g/mol. The number of nitrogens with one attached hydrogen (secondary N) is 2. The topological polar surface area (TPSA) is 57.4 Å². The molecule has 0 radical (unpaired) electrons. The van der Waals surface area contributed by atoms with E-state index >= 15 is 0 Å². The predicted molar refractivity (Wildman–Crippen MR) is 79.7 cm³/mol. The molecule has 2 aromatic carbocycles. The van der Waals surface area contributed by atoms with Gasteiger partial charge in [-0.1, -0.05) is 24.3 Å². The highest BCUT2D eigenvalue weighted by molar-refractivity contribution is 5.78. The second-order valence-electron chi connectivity index (χ2n) is 5.03. The monoisotopic (exact) mass is 262 g/mol. The van der Waals surface area contributed by atoms with E-state index < -0.39 is 0 Å². The smallest absolute Gasteiger partial charge is 0.114 e. The first-order valence-electron chi connectivity index (χ1n) is 6.67. The molecule has 2 aromatic heterocycles. The van der Waals surface area contributed by atoms with Crippen LogP contribution >= 0.6 is 0 Å². The molecule has 0 fully saturated rings. The van der Waals surface area contributed by atoms with Crippen LogP contribution in [0.4, 0.5) is 0 Å². The highest BCUT2D eigenvalue weighted by Crippen LogP contribution is 2.17. The van der Waals surface area contributed by atoms with E-state index in [1.54, 1.807) is 0 Å². The minimum absolute atomic E-state index is 0.683. The standard InChI is InChI=1S/C16H14N4/c1-10-5-4-8-13-16(10)20-15(19-13)9-14-17-11-6-2-3-7-12(11)18-14/h2-8H,9H2,1H3,(H,17,18)(H,19,20). The second kappa shape index (κ2) is 4.20. The maximum atomic E-state index is 4.66. The fraction of sp³-hybridized carbons (Fsp3) is 0.125. The van der Waals surface area contributed by atoms with Gasteiger partial charge < -0.3 is 9.97 Å². The Morgan fingerprint density at radius 1 is 0.850 bits per heavy atom. The van der Waals surface area contributed by atoms with E-state index in [9.17, 15) is 0 Å². The number of hydrogen-bond donors (Lipinski definition) is 2. The minimum atomic E-state index is 0.683. The fourth-order valence-corrected chi connectivity index (χ4v) is 2.56. The largest absolute Gasteiger partial charge is 0.342 e. The van der Waals surface area contributed by atoms with Crippen LogP contribution in [0.2, 0.25) is 0 Å². The molecule has 0 saturated carbocycles. The number of H-pyrrole nitrogens is 2. The van der Waals surface area contributed by atoms with Crippen LogP contribution in [0.25, 0.3) is 22.1 Å². The third-order valence-corrected chi connectivity index (χ3v) is 3.54. The summed E-state index contributed by atoms with van der Waals surface area (Å²) in [6, 6.07) is 14.2. The number of aromatic nitrogens is 4. The Hall–Kier alpha value is -2.62. The average Bonchev–Trinajstić information content (AvgIpc) is 3.02. The molecule has 4 rings (SSSR count). The van der Waals surface area contributed by atoms with Crippen molar-refractivity contribution in [2.45, 2.75) is 13.3 Å². The predicted octanol–water partition coefficient (Wildman–Crippen LogP) is 3.34. The summed E-state index contributed by atoms with van der Waals surface area (Å²) in [6.45, 7) is 2.08. The quantitative estimate of drug-likeness (QED) is 0.582. The zero-order valence-electron chi connectivity index (χ0n) is 11.1. The first kappa shape index (κ1) is 11.2. The van der Waals surface area contributed by atoms with Gasteiger partial charge in [0.2, 0.25) is 0 Å². The van der Waals surface area contributed by atoms with Crippen molar-refractivity contribution in [3.8, 4) is 0 Å². The van der Waals surface area contributed by atoms with E-state index in [-0.39, 0.29) is 0 Å². The molecule has 0 amide bonds. The number of aryl methyl sites for hydroxylation is 1. The second-order valence-corrected chi connectivity index (χ2v) is 5.03. The zero-order valence-corrected chi connectivity index (χ0v) is 11.1. The van der Waals surface area contributed by atoms with Gasteiger partial charge in [0, 0.05) is 0 Å². The molecule has 20 heavy (non-hydrogen) atoms. The average molecular weight is 262 g/mol. The van der Waals surface area contributed by atoms with E-state index in [4.69, 9.17) is 0 Å². The summed E-state index contributed by atoms with van der Waals surface area (Å²) < 4.78 is 0. The number of aromatic amines is 2. The van der Waals surface area contributed by atoms with Gasteiger partial charge in [-0.05, 0) is 30.7 Å². The zero-order chi connectivity index (χ0) is 13.5. The molecule has 0 aliphatic carbocycles. The maximum Gasteiger partial charge on any atom is 0.114 e. The molecule has 4 heteroatoms. The number of benzene rings is 2. The lowest BCUT2D eigenvalue weighted by molar-refractivity contribution is 0.960. The van der Waals surface area contributed by atoms with Gasteiger partial charge in [0.25, 0.3) is 0 Å². The highest BCUT2D eigenvalue weighted by atomic mass is 15.0. The van der Waals surface area contributed by atoms with Gasteiger partial charge in [-0.3, -0.25) is 0 Å². The van der Waals surface area contributed by atoms with Crippen molar-refractivity contribution in [3.63, 3.8) is 0 Å². The summed E-state index contributed by atoms with van der Waals surface area (Å²) in [4.78, 5) is 15.9. The molecule has 0 unspecified atom stereocenters. The molecule has 4 nitrogen and oxygen atoms in total. The summed E-state index contributed by atoms with van der Waals surface area (Å²) in [6.07, 6.45) is 0.683. The van der Waals surface area contributed by atoms with Gasteiger partial charge in [-0.15, -0.1) is 0 Å². The molecule has 0 atom stereocenters. The van der Waals surface area contributed by atoms with Crippen molar-refractivity contribution in [2.24, 2.45) is 0 Å². The van der Waals surface area contributed by atoms with E-state index in [1.165, 1.54) is 5.56 Å². The molecule has 4 aromatic rings.